The van der Waals surface area contributed by atoms with Crippen molar-refractivity contribution in [3.05, 3.63) is 29.2 Å². The molecular formula is C17H26F2N4OSi. The quantitative estimate of drug-likeness (QED) is 0.581. The van der Waals surface area contributed by atoms with Gasteiger partial charge in [-0.3, -0.25) is 0 Å². The molecule has 138 valence electrons. The molecular weight excluding hydrogens is 342 g/mol. The molecule has 0 bridgehead atoms. The summed E-state index contributed by atoms with van der Waals surface area (Å²) >= 11 is 0. The third kappa shape index (κ3) is 4.85. The lowest BCUT2D eigenvalue weighted by Crippen LogP contribution is -2.22. The number of nitrogens with two attached hydrogens (primary N) is 1. The Balaban J connectivity index is 2.21. The molecule has 0 aromatic carbocycles. The van der Waals surface area contributed by atoms with Crippen molar-refractivity contribution in [3.8, 4) is 11.1 Å². The van der Waals surface area contributed by atoms with Crippen LogP contribution in [0.25, 0.3) is 11.1 Å². The van der Waals surface area contributed by atoms with Gasteiger partial charge in [0.05, 0.1) is 11.3 Å². The van der Waals surface area contributed by atoms with Gasteiger partial charge in [0.1, 0.15) is 12.5 Å². The number of hydrogen-bond donors (Lipinski definition) is 1. The van der Waals surface area contributed by atoms with E-state index in [1.165, 1.54) is 12.3 Å². The van der Waals surface area contributed by atoms with Gasteiger partial charge in [0.25, 0.3) is 6.43 Å². The van der Waals surface area contributed by atoms with Gasteiger partial charge in [0.15, 0.2) is 0 Å². The molecule has 0 saturated carbocycles. The lowest BCUT2D eigenvalue weighted by Gasteiger charge is -2.15. The fourth-order valence-electron chi connectivity index (χ4n) is 2.57. The minimum absolute atomic E-state index is 0.142. The fourth-order valence-corrected chi connectivity index (χ4v) is 3.33. The Kier molecular flexibility index (Phi) is 5.94. The number of nitrogen functional groups attached to an aromatic ring is 1. The van der Waals surface area contributed by atoms with Crippen molar-refractivity contribution in [1.82, 2.24) is 14.8 Å². The maximum absolute atomic E-state index is 13.1. The monoisotopic (exact) mass is 368 g/mol. The predicted octanol–water partition coefficient (Wildman–Crippen LogP) is 4.39. The van der Waals surface area contributed by atoms with E-state index in [0.29, 0.717) is 18.9 Å². The van der Waals surface area contributed by atoms with Gasteiger partial charge < -0.3 is 10.5 Å². The van der Waals surface area contributed by atoms with Crippen LogP contribution in [0.4, 0.5) is 14.6 Å². The van der Waals surface area contributed by atoms with Crippen molar-refractivity contribution in [2.24, 2.45) is 0 Å². The number of hydrogen-bond acceptors (Lipinski definition) is 4. The molecule has 2 aromatic heterocycles. The van der Waals surface area contributed by atoms with E-state index in [0.717, 1.165) is 23.0 Å². The van der Waals surface area contributed by atoms with E-state index in [2.05, 4.69) is 29.7 Å². The van der Waals surface area contributed by atoms with Crippen molar-refractivity contribution < 1.29 is 13.5 Å². The van der Waals surface area contributed by atoms with Crippen LogP contribution in [0, 0.1) is 13.8 Å². The van der Waals surface area contributed by atoms with Crippen LogP contribution < -0.4 is 5.73 Å². The van der Waals surface area contributed by atoms with Crippen LogP contribution in [-0.4, -0.2) is 29.4 Å². The second-order valence-electron chi connectivity index (χ2n) is 7.39. The Labute approximate surface area is 148 Å². The van der Waals surface area contributed by atoms with E-state index in [1.54, 1.807) is 4.68 Å². The highest BCUT2D eigenvalue weighted by molar-refractivity contribution is 6.76. The number of pyridine rings is 1. The van der Waals surface area contributed by atoms with Gasteiger partial charge >= 0.3 is 0 Å². The van der Waals surface area contributed by atoms with Gasteiger partial charge in [-0.2, -0.15) is 5.10 Å². The zero-order valence-corrected chi connectivity index (χ0v) is 16.4. The summed E-state index contributed by atoms with van der Waals surface area (Å²) in [5, 5.41) is 4.47. The Hall–Kier alpha value is -1.80. The Morgan fingerprint density at radius 3 is 2.56 bits per heavy atom. The summed E-state index contributed by atoms with van der Waals surface area (Å²) in [4.78, 5) is 3.90. The standard InChI is InChI=1S/C17H26F2N4OSi/c1-11-15(13-8-14(16(18)19)17(20)21-9-13)12(2)23(22-11)10-24-6-7-25(3,4)5/h8-9,16H,6-7,10H2,1-5H3,(H2,20,21). The molecule has 5 nitrogen and oxygen atoms in total. The predicted molar refractivity (Wildman–Crippen MR) is 98.4 cm³/mol. The first-order valence-electron chi connectivity index (χ1n) is 8.26. The van der Waals surface area contributed by atoms with E-state index in [9.17, 15) is 8.78 Å². The summed E-state index contributed by atoms with van der Waals surface area (Å²) < 4.78 is 33.6. The normalized spacial score (nSPS) is 12.2. The number of anilines is 1. The fraction of sp³-hybridized carbons (Fsp3) is 0.529. The van der Waals surface area contributed by atoms with Gasteiger partial charge in [0, 0.05) is 37.7 Å². The van der Waals surface area contributed by atoms with Crippen molar-refractivity contribution in [2.75, 3.05) is 12.3 Å². The summed E-state index contributed by atoms with van der Waals surface area (Å²) in [5.41, 5.74) is 8.28. The van der Waals surface area contributed by atoms with E-state index in [-0.39, 0.29) is 11.4 Å². The average molecular weight is 369 g/mol. The van der Waals surface area contributed by atoms with Gasteiger partial charge in [-0.15, -0.1) is 0 Å². The smallest absolute Gasteiger partial charge is 0.267 e. The molecule has 2 rings (SSSR count). The zero-order chi connectivity index (χ0) is 18.8. The van der Waals surface area contributed by atoms with Crippen molar-refractivity contribution in [3.63, 3.8) is 0 Å². The van der Waals surface area contributed by atoms with Crippen molar-refractivity contribution >= 4 is 13.9 Å². The summed E-state index contributed by atoms with van der Waals surface area (Å²) in [5.74, 6) is -0.142. The summed E-state index contributed by atoms with van der Waals surface area (Å²) in [6, 6.07) is 2.47. The molecule has 2 aromatic rings. The molecule has 8 heteroatoms. The maximum Gasteiger partial charge on any atom is 0.267 e. The zero-order valence-electron chi connectivity index (χ0n) is 15.4. The number of rotatable bonds is 7. The molecule has 0 fully saturated rings. The third-order valence-corrected chi connectivity index (χ3v) is 5.77. The van der Waals surface area contributed by atoms with Crippen LogP contribution in [0.3, 0.4) is 0 Å². The van der Waals surface area contributed by atoms with Crippen LogP contribution in [0.1, 0.15) is 23.4 Å². The molecule has 0 saturated heterocycles. The molecule has 0 atom stereocenters. The molecule has 0 radical (unpaired) electrons. The largest absolute Gasteiger partial charge is 0.383 e. The van der Waals surface area contributed by atoms with Crippen LogP contribution >= 0.6 is 0 Å². The first-order chi connectivity index (χ1) is 11.6. The molecule has 2 N–H and O–H groups in total. The van der Waals surface area contributed by atoms with E-state index >= 15 is 0 Å². The Morgan fingerprint density at radius 1 is 1.28 bits per heavy atom. The first kappa shape index (κ1) is 19.5. The molecule has 0 spiro atoms. The van der Waals surface area contributed by atoms with Crippen LogP contribution in [0.5, 0.6) is 0 Å². The lowest BCUT2D eigenvalue weighted by molar-refractivity contribution is 0.0770. The van der Waals surface area contributed by atoms with Gasteiger partial charge in [-0.25, -0.2) is 18.4 Å². The topological polar surface area (TPSA) is 66.0 Å². The summed E-state index contributed by atoms with van der Waals surface area (Å²) in [7, 11) is -1.14. The number of halogens is 2. The van der Waals surface area contributed by atoms with Crippen LogP contribution in [-0.2, 0) is 11.5 Å². The second-order valence-corrected chi connectivity index (χ2v) is 13.0. The number of aryl methyl sites for hydroxylation is 1. The first-order valence-corrected chi connectivity index (χ1v) is 12.0. The van der Waals surface area contributed by atoms with E-state index in [1.807, 2.05) is 13.8 Å². The van der Waals surface area contributed by atoms with Gasteiger partial charge in [0.2, 0.25) is 0 Å². The molecule has 0 aliphatic carbocycles. The number of nitrogens with zero attached hydrogens (tertiary/aromatic N) is 3. The second kappa shape index (κ2) is 7.61. The van der Waals surface area contributed by atoms with Crippen LogP contribution in [0.2, 0.25) is 25.7 Å². The van der Waals surface area contributed by atoms with Gasteiger partial charge in [-0.1, -0.05) is 19.6 Å². The highest BCUT2D eigenvalue weighted by Gasteiger charge is 2.19. The molecule has 0 aliphatic heterocycles. The molecule has 0 unspecified atom stereocenters. The molecule has 2 heterocycles. The number of aromatic nitrogens is 3. The Bertz CT molecular complexity index is 741. The highest BCUT2D eigenvalue weighted by atomic mass is 28.3. The summed E-state index contributed by atoms with van der Waals surface area (Å²) in [6.45, 7) is 11.7. The van der Waals surface area contributed by atoms with Gasteiger partial charge in [-0.05, 0) is 26.0 Å². The van der Waals surface area contributed by atoms with E-state index in [4.69, 9.17) is 10.5 Å². The minimum atomic E-state index is -2.66. The average Bonchev–Trinajstić information content (AvgIpc) is 2.78. The van der Waals surface area contributed by atoms with Crippen molar-refractivity contribution in [1.29, 1.82) is 0 Å². The third-order valence-electron chi connectivity index (χ3n) is 4.06. The Morgan fingerprint density at radius 2 is 1.96 bits per heavy atom. The molecule has 25 heavy (non-hydrogen) atoms. The lowest BCUT2D eigenvalue weighted by atomic mass is 10.0. The highest BCUT2D eigenvalue weighted by Crippen LogP contribution is 2.32. The SMILES string of the molecule is Cc1nn(COCC[Si](C)(C)C)c(C)c1-c1cnc(N)c(C(F)F)c1. The molecule has 0 amide bonds. The van der Waals surface area contributed by atoms with Crippen LogP contribution in [0.15, 0.2) is 12.3 Å². The number of ether oxygens (including phenoxy) is 1. The maximum atomic E-state index is 13.1. The minimum Gasteiger partial charge on any atom is -0.383 e. The summed E-state index contributed by atoms with van der Waals surface area (Å²) in [6.07, 6.45) is -1.15. The van der Waals surface area contributed by atoms with Crippen molar-refractivity contribution in [2.45, 2.75) is 52.7 Å². The number of alkyl halides is 2. The molecule has 0 aliphatic rings. The van der Waals surface area contributed by atoms with E-state index < -0.39 is 14.5 Å².